The zero-order valence-corrected chi connectivity index (χ0v) is 15.1. The molecule has 1 saturated heterocycles. The molecule has 3 aliphatic rings. The predicted octanol–water partition coefficient (Wildman–Crippen LogP) is 4.71. The smallest absolute Gasteiger partial charge is 0.117 e. The summed E-state index contributed by atoms with van der Waals surface area (Å²) >= 11 is 0. The van der Waals surface area contributed by atoms with Gasteiger partial charge in [0.15, 0.2) is 0 Å². The Labute approximate surface area is 136 Å². The minimum absolute atomic E-state index is 0.204. The van der Waals surface area contributed by atoms with Crippen LogP contribution in [0.15, 0.2) is 12.2 Å². The van der Waals surface area contributed by atoms with Crippen molar-refractivity contribution < 1.29 is 9.84 Å². The molecule has 0 radical (unpaired) electrons. The van der Waals surface area contributed by atoms with Gasteiger partial charge in [0, 0.05) is 0 Å². The van der Waals surface area contributed by atoms with E-state index in [1.807, 2.05) is 6.92 Å². The highest BCUT2D eigenvalue weighted by molar-refractivity contribution is 5.18. The summed E-state index contributed by atoms with van der Waals surface area (Å²) in [5, 5.41) is 9.95. The fourth-order valence-electron chi connectivity index (χ4n) is 5.85. The van der Waals surface area contributed by atoms with Crippen molar-refractivity contribution in [2.24, 2.45) is 22.7 Å². The Morgan fingerprint density at radius 3 is 2.55 bits per heavy atom. The number of hydrogen-bond donors (Lipinski definition) is 1. The first-order chi connectivity index (χ1) is 10.1. The maximum absolute atomic E-state index is 9.95. The lowest BCUT2D eigenvalue weighted by molar-refractivity contribution is -0.0556. The molecule has 3 rings (SSSR count). The zero-order valence-electron chi connectivity index (χ0n) is 15.1. The highest BCUT2D eigenvalue weighted by Crippen LogP contribution is 2.63. The van der Waals surface area contributed by atoms with Gasteiger partial charge < -0.3 is 9.84 Å². The van der Waals surface area contributed by atoms with Gasteiger partial charge in [0.2, 0.25) is 0 Å². The molecule has 22 heavy (non-hydrogen) atoms. The van der Waals surface area contributed by atoms with Crippen molar-refractivity contribution >= 4 is 0 Å². The largest absolute Gasteiger partial charge is 0.390 e. The number of aliphatic hydroxyl groups is 1. The Morgan fingerprint density at radius 2 is 1.95 bits per heavy atom. The van der Waals surface area contributed by atoms with Crippen LogP contribution >= 0.6 is 0 Å². The summed E-state index contributed by atoms with van der Waals surface area (Å²) in [5.41, 5.74) is 1.92. The standard InChI is InChI=1S/C20H34O2/c1-13-8-9-16-18(3,4)10-7-11-19(16,5)15(13)12-17-20(6,22-17)14(2)21/h14-17,21H,1,7-12H2,2-6H3/t14?,15-,16-,17+,19+,20+/m0/s1. The molecule has 1 aliphatic heterocycles. The van der Waals surface area contributed by atoms with Gasteiger partial charge in [-0.05, 0) is 68.6 Å². The number of fused-ring (bicyclic) bond motifs is 1. The van der Waals surface area contributed by atoms with E-state index in [0.717, 1.165) is 12.3 Å². The van der Waals surface area contributed by atoms with E-state index in [2.05, 4.69) is 34.3 Å². The van der Waals surface area contributed by atoms with E-state index in [1.54, 1.807) is 0 Å². The Hall–Kier alpha value is -0.340. The van der Waals surface area contributed by atoms with Gasteiger partial charge in [0.25, 0.3) is 0 Å². The Morgan fingerprint density at radius 1 is 1.27 bits per heavy atom. The number of aliphatic hydroxyl groups excluding tert-OH is 1. The van der Waals surface area contributed by atoms with Crippen LogP contribution in [0.4, 0.5) is 0 Å². The number of epoxide rings is 1. The SMILES string of the molecule is C=C1CC[C@H]2C(C)(C)CCC[C@]2(C)[C@H]1C[C@H]1O[C@]1(C)C(C)O. The first-order valence-corrected chi connectivity index (χ1v) is 9.15. The van der Waals surface area contributed by atoms with Crippen molar-refractivity contribution in [1.82, 2.24) is 0 Å². The zero-order chi connectivity index (χ0) is 16.3. The van der Waals surface area contributed by atoms with Crippen LogP contribution in [0.1, 0.15) is 73.1 Å². The second kappa shape index (κ2) is 5.08. The molecule has 126 valence electrons. The minimum Gasteiger partial charge on any atom is -0.390 e. The topological polar surface area (TPSA) is 32.8 Å². The summed E-state index contributed by atoms with van der Waals surface area (Å²) in [7, 11) is 0. The first-order valence-electron chi connectivity index (χ1n) is 9.15. The third-order valence-electron chi connectivity index (χ3n) is 7.58. The Bertz CT molecular complexity index is 466. The van der Waals surface area contributed by atoms with Crippen LogP contribution in [-0.2, 0) is 4.74 Å². The van der Waals surface area contributed by atoms with Crippen LogP contribution in [0.3, 0.4) is 0 Å². The number of rotatable bonds is 3. The second-order valence-electron chi connectivity index (χ2n) is 9.35. The van der Waals surface area contributed by atoms with Gasteiger partial charge in [-0.25, -0.2) is 0 Å². The highest BCUT2D eigenvalue weighted by atomic mass is 16.6. The minimum atomic E-state index is -0.388. The number of ether oxygens (including phenoxy) is 1. The third kappa shape index (κ3) is 2.38. The third-order valence-corrected chi connectivity index (χ3v) is 7.58. The number of hydrogen-bond acceptors (Lipinski definition) is 2. The van der Waals surface area contributed by atoms with Crippen LogP contribution in [-0.4, -0.2) is 22.9 Å². The van der Waals surface area contributed by atoms with Crippen molar-refractivity contribution in [2.45, 2.75) is 91.0 Å². The molecule has 2 nitrogen and oxygen atoms in total. The summed E-state index contributed by atoms with van der Waals surface area (Å²) in [6, 6.07) is 0. The average molecular weight is 306 g/mol. The van der Waals surface area contributed by atoms with Gasteiger partial charge >= 0.3 is 0 Å². The summed E-state index contributed by atoms with van der Waals surface area (Å²) in [6.45, 7) is 15.8. The average Bonchev–Trinajstić information content (AvgIpc) is 3.05. The molecule has 0 aromatic heterocycles. The lowest BCUT2D eigenvalue weighted by Crippen LogP contribution is -2.50. The monoisotopic (exact) mass is 306 g/mol. The first kappa shape index (κ1) is 16.5. The molecular weight excluding hydrogens is 272 g/mol. The molecule has 0 aromatic carbocycles. The van der Waals surface area contributed by atoms with Crippen LogP contribution in [0.25, 0.3) is 0 Å². The molecule has 2 saturated carbocycles. The molecule has 6 atom stereocenters. The maximum Gasteiger partial charge on any atom is 0.117 e. The molecule has 1 heterocycles. The van der Waals surface area contributed by atoms with Gasteiger partial charge in [-0.3, -0.25) is 0 Å². The maximum atomic E-state index is 9.95. The molecule has 0 amide bonds. The molecule has 0 aromatic rings. The van der Waals surface area contributed by atoms with Crippen molar-refractivity contribution in [3.8, 4) is 0 Å². The highest BCUT2D eigenvalue weighted by Gasteiger charge is 2.60. The van der Waals surface area contributed by atoms with Crippen LogP contribution in [0.2, 0.25) is 0 Å². The lowest BCUT2D eigenvalue weighted by Gasteiger charge is -2.58. The van der Waals surface area contributed by atoms with Crippen LogP contribution < -0.4 is 0 Å². The van der Waals surface area contributed by atoms with Gasteiger partial charge in [-0.2, -0.15) is 0 Å². The fraction of sp³-hybridized carbons (Fsp3) is 0.900. The molecule has 3 fully saturated rings. The van der Waals surface area contributed by atoms with Crippen LogP contribution in [0.5, 0.6) is 0 Å². The molecule has 1 unspecified atom stereocenters. The van der Waals surface area contributed by atoms with E-state index >= 15 is 0 Å². The van der Waals surface area contributed by atoms with Gasteiger partial charge in [0.05, 0.1) is 12.2 Å². The van der Waals surface area contributed by atoms with E-state index in [1.165, 1.54) is 37.7 Å². The molecule has 2 heteroatoms. The summed E-state index contributed by atoms with van der Waals surface area (Å²) in [6.07, 6.45) is 7.35. The normalized spacial score (nSPS) is 48.6. The van der Waals surface area contributed by atoms with Gasteiger partial charge in [-0.1, -0.05) is 39.3 Å². The molecule has 2 aliphatic carbocycles. The van der Waals surface area contributed by atoms with E-state index < -0.39 is 0 Å². The van der Waals surface area contributed by atoms with Crippen LogP contribution in [0, 0.1) is 22.7 Å². The number of allylic oxidation sites excluding steroid dienone is 1. The summed E-state index contributed by atoms with van der Waals surface area (Å²) < 4.78 is 5.90. The summed E-state index contributed by atoms with van der Waals surface area (Å²) in [5.74, 6) is 1.34. The molecule has 0 bridgehead atoms. The molecular formula is C20H34O2. The quantitative estimate of drug-likeness (QED) is 0.605. The van der Waals surface area contributed by atoms with Gasteiger partial charge in [0.1, 0.15) is 5.60 Å². The van der Waals surface area contributed by atoms with Crippen molar-refractivity contribution in [3.05, 3.63) is 12.2 Å². The van der Waals surface area contributed by atoms with E-state index in [4.69, 9.17) is 4.74 Å². The second-order valence-corrected chi connectivity index (χ2v) is 9.35. The van der Waals surface area contributed by atoms with E-state index in [9.17, 15) is 5.11 Å². The predicted molar refractivity (Wildman–Crippen MR) is 90.7 cm³/mol. The van der Waals surface area contributed by atoms with Crippen molar-refractivity contribution in [3.63, 3.8) is 0 Å². The Balaban J connectivity index is 1.81. The van der Waals surface area contributed by atoms with E-state index in [-0.39, 0.29) is 17.8 Å². The molecule has 0 spiro atoms. The van der Waals surface area contributed by atoms with E-state index in [0.29, 0.717) is 16.7 Å². The van der Waals surface area contributed by atoms with Gasteiger partial charge in [-0.15, -0.1) is 0 Å². The Kier molecular flexibility index (Phi) is 3.81. The lowest BCUT2D eigenvalue weighted by atomic mass is 9.47. The summed E-state index contributed by atoms with van der Waals surface area (Å²) in [4.78, 5) is 0. The van der Waals surface area contributed by atoms with Crippen molar-refractivity contribution in [2.75, 3.05) is 0 Å². The fourth-order valence-corrected chi connectivity index (χ4v) is 5.85. The van der Waals surface area contributed by atoms with Crippen molar-refractivity contribution in [1.29, 1.82) is 0 Å². The molecule has 1 N–H and O–H groups in total.